The minimum atomic E-state index is 0.677. The van der Waals surface area contributed by atoms with Crippen LogP contribution in [0.3, 0.4) is 0 Å². The van der Waals surface area contributed by atoms with Crippen LogP contribution >= 0.6 is 0 Å². The van der Waals surface area contributed by atoms with Crippen molar-refractivity contribution in [3.8, 4) is 0 Å². The van der Waals surface area contributed by atoms with Gasteiger partial charge in [-0.05, 0) is 50.3 Å². The Morgan fingerprint density at radius 2 is 1.84 bits per heavy atom. The van der Waals surface area contributed by atoms with Crippen LogP contribution in [-0.4, -0.2) is 30.3 Å². The van der Waals surface area contributed by atoms with E-state index in [0.29, 0.717) is 5.41 Å². The van der Waals surface area contributed by atoms with E-state index in [1.165, 1.54) is 38.5 Å². The predicted octanol–water partition coefficient (Wildman–Crippen LogP) is 2.36. The Kier molecular flexibility index (Phi) is 3.69. The minimum absolute atomic E-state index is 0.677. The molecule has 4 nitrogen and oxygen atoms in total. The van der Waals surface area contributed by atoms with Gasteiger partial charge in [-0.25, -0.2) is 0 Å². The largest absolute Gasteiger partial charge is 0.355 e. The van der Waals surface area contributed by atoms with Gasteiger partial charge in [-0.1, -0.05) is 12.8 Å². The highest BCUT2D eigenvalue weighted by molar-refractivity contribution is 5.38. The average Bonchev–Trinajstić information content (AvgIpc) is 2.90. The molecular formula is C15H24N4. The summed E-state index contributed by atoms with van der Waals surface area (Å²) < 4.78 is 0. The van der Waals surface area contributed by atoms with Crippen molar-refractivity contribution in [3.63, 3.8) is 0 Å². The summed E-state index contributed by atoms with van der Waals surface area (Å²) in [4.78, 5) is 2.40. The molecule has 1 aliphatic heterocycles. The third kappa shape index (κ3) is 2.73. The van der Waals surface area contributed by atoms with Crippen LogP contribution in [-0.2, 0) is 6.54 Å². The molecule has 1 aromatic rings. The summed E-state index contributed by atoms with van der Waals surface area (Å²) in [7, 11) is 1.93. The summed E-state index contributed by atoms with van der Waals surface area (Å²) in [5.41, 5.74) is 1.69. The first-order valence-corrected chi connectivity index (χ1v) is 7.54. The highest BCUT2D eigenvalue weighted by atomic mass is 15.3. The van der Waals surface area contributed by atoms with Crippen molar-refractivity contribution >= 4 is 5.82 Å². The number of anilines is 1. The van der Waals surface area contributed by atoms with E-state index in [2.05, 4.69) is 32.5 Å². The lowest BCUT2D eigenvalue weighted by atomic mass is 9.77. The highest BCUT2D eigenvalue weighted by Gasteiger charge is 2.37. The van der Waals surface area contributed by atoms with Crippen molar-refractivity contribution in [2.45, 2.75) is 45.1 Å². The van der Waals surface area contributed by atoms with Crippen LogP contribution in [0.25, 0.3) is 0 Å². The molecule has 1 spiro atoms. The molecule has 2 aliphatic rings. The Balaban J connectivity index is 1.61. The predicted molar refractivity (Wildman–Crippen MR) is 77.1 cm³/mol. The van der Waals surface area contributed by atoms with Crippen LogP contribution < -0.4 is 10.2 Å². The second-order valence-electron chi connectivity index (χ2n) is 6.11. The zero-order valence-electron chi connectivity index (χ0n) is 11.9. The van der Waals surface area contributed by atoms with Crippen molar-refractivity contribution in [1.82, 2.24) is 15.5 Å². The van der Waals surface area contributed by atoms with Gasteiger partial charge in [0.2, 0.25) is 0 Å². The molecule has 2 heterocycles. The van der Waals surface area contributed by atoms with E-state index in [1.54, 1.807) is 0 Å². The molecule has 0 unspecified atom stereocenters. The molecule has 1 aromatic heterocycles. The van der Waals surface area contributed by atoms with E-state index < -0.39 is 0 Å². The summed E-state index contributed by atoms with van der Waals surface area (Å²) in [6.07, 6.45) is 8.47. The second kappa shape index (κ2) is 5.45. The van der Waals surface area contributed by atoms with Crippen LogP contribution in [0.4, 0.5) is 5.82 Å². The SMILES string of the molecule is CNCc1ccc(N2CCC3(CCCC3)CC2)nn1. The van der Waals surface area contributed by atoms with Crippen LogP contribution in [0.15, 0.2) is 12.1 Å². The van der Waals surface area contributed by atoms with Crippen LogP contribution in [0, 0.1) is 5.41 Å². The van der Waals surface area contributed by atoms with Gasteiger partial charge < -0.3 is 10.2 Å². The Morgan fingerprint density at radius 3 is 2.42 bits per heavy atom. The maximum atomic E-state index is 4.37. The van der Waals surface area contributed by atoms with Gasteiger partial charge in [-0.15, -0.1) is 5.10 Å². The molecule has 4 heteroatoms. The second-order valence-corrected chi connectivity index (χ2v) is 6.11. The van der Waals surface area contributed by atoms with Gasteiger partial charge in [0.25, 0.3) is 0 Å². The molecule has 19 heavy (non-hydrogen) atoms. The Morgan fingerprint density at radius 1 is 1.11 bits per heavy atom. The van der Waals surface area contributed by atoms with Crippen molar-refractivity contribution in [1.29, 1.82) is 0 Å². The van der Waals surface area contributed by atoms with Crippen LogP contribution in [0.2, 0.25) is 0 Å². The lowest BCUT2D eigenvalue weighted by Gasteiger charge is -2.39. The summed E-state index contributed by atoms with van der Waals surface area (Å²) in [6.45, 7) is 3.09. The molecule has 0 atom stereocenters. The number of nitrogens with one attached hydrogen (secondary N) is 1. The van der Waals surface area contributed by atoms with E-state index in [9.17, 15) is 0 Å². The summed E-state index contributed by atoms with van der Waals surface area (Å²) >= 11 is 0. The Bertz CT molecular complexity index is 399. The number of aromatic nitrogens is 2. The van der Waals surface area contributed by atoms with Crippen molar-refractivity contribution < 1.29 is 0 Å². The van der Waals surface area contributed by atoms with E-state index in [1.807, 2.05) is 7.05 Å². The van der Waals surface area contributed by atoms with Crippen LogP contribution in [0.5, 0.6) is 0 Å². The van der Waals surface area contributed by atoms with E-state index in [0.717, 1.165) is 31.1 Å². The number of rotatable bonds is 3. The molecular weight excluding hydrogens is 236 g/mol. The first-order chi connectivity index (χ1) is 9.31. The molecule has 104 valence electrons. The van der Waals surface area contributed by atoms with Gasteiger partial charge in [-0.2, -0.15) is 5.10 Å². The first kappa shape index (κ1) is 12.9. The molecule has 2 fully saturated rings. The zero-order valence-corrected chi connectivity index (χ0v) is 11.9. The average molecular weight is 260 g/mol. The number of nitrogens with zero attached hydrogens (tertiary/aromatic N) is 3. The molecule has 1 N–H and O–H groups in total. The summed E-state index contributed by atoms with van der Waals surface area (Å²) in [5, 5.41) is 11.8. The molecule has 0 aromatic carbocycles. The highest BCUT2D eigenvalue weighted by Crippen LogP contribution is 2.46. The fourth-order valence-electron chi connectivity index (χ4n) is 3.63. The van der Waals surface area contributed by atoms with E-state index in [-0.39, 0.29) is 0 Å². The van der Waals surface area contributed by atoms with E-state index >= 15 is 0 Å². The van der Waals surface area contributed by atoms with Crippen molar-refractivity contribution in [2.75, 3.05) is 25.0 Å². The topological polar surface area (TPSA) is 41.0 Å². The van der Waals surface area contributed by atoms with Gasteiger partial charge in [0.05, 0.1) is 5.69 Å². The quantitative estimate of drug-likeness (QED) is 0.906. The van der Waals surface area contributed by atoms with E-state index in [4.69, 9.17) is 0 Å². The maximum Gasteiger partial charge on any atom is 0.151 e. The zero-order chi connectivity index (χ0) is 13.1. The van der Waals surface area contributed by atoms with Crippen molar-refractivity contribution in [2.24, 2.45) is 5.41 Å². The molecule has 0 radical (unpaired) electrons. The van der Waals surface area contributed by atoms with Crippen LogP contribution in [0.1, 0.15) is 44.2 Å². The molecule has 0 amide bonds. The lowest BCUT2D eigenvalue weighted by molar-refractivity contribution is 0.226. The lowest BCUT2D eigenvalue weighted by Crippen LogP contribution is -2.39. The third-order valence-electron chi connectivity index (χ3n) is 4.88. The van der Waals surface area contributed by atoms with Gasteiger partial charge >= 0.3 is 0 Å². The number of piperidine rings is 1. The Hall–Kier alpha value is -1.16. The van der Waals surface area contributed by atoms with Gasteiger partial charge in [0.15, 0.2) is 5.82 Å². The van der Waals surface area contributed by atoms with Gasteiger partial charge in [0, 0.05) is 19.6 Å². The Labute approximate surface area is 115 Å². The molecule has 1 saturated carbocycles. The minimum Gasteiger partial charge on any atom is -0.355 e. The normalized spacial score (nSPS) is 22.1. The summed E-state index contributed by atoms with van der Waals surface area (Å²) in [6, 6.07) is 4.20. The third-order valence-corrected chi connectivity index (χ3v) is 4.88. The molecule has 0 bridgehead atoms. The number of hydrogen-bond donors (Lipinski definition) is 1. The number of hydrogen-bond acceptors (Lipinski definition) is 4. The first-order valence-electron chi connectivity index (χ1n) is 7.54. The fourth-order valence-corrected chi connectivity index (χ4v) is 3.63. The smallest absolute Gasteiger partial charge is 0.151 e. The van der Waals surface area contributed by atoms with Gasteiger partial charge in [0.1, 0.15) is 0 Å². The maximum absolute atomic E-state index is 4.37. The summed E-state index contributed by atoms with van der Waals surface area (Å²) in [5.74, 6) is 1.05. The molecule has 3 rings (SSSR count). The van der Waals surface area contributed by atoms with Crippen molar-refractivity contribution in [3.05, 3.63) is 17.8 Å². The van der Waals surface area contributed by atoms with Gasteiger partial charge in [-0.3, -0.25) is 0 Å². The molecule has 1 aliphatic carbocycles. The molecule has 1 saturated heterocycles. The monoisotopic (exact) mass is 260 g/mol. The fraction of sp³-hybridized carbons (Fsp3) is 0.733. The standard InChI is InChI=1S/C15H24N4/c1-16-12-13-4-5-14(18-17-13)19-10-8-15(9-11-19)6-2-3-7-15/h4-5,16H,2-3,6-12H2,1H3.